The first kappa shape index (κ1) is 15.0. The molecule has 2 rings (SSSR count). The number of hydrogen-bond acceptors (Lipinski definition) is 2. The van der Waals surface area contributed by atoms with Crippen LogP contribution in [0.1, 0.15) is 37.7 Å². The quantitative estimate of drug-likeness (QED) is 0.765. The summed E-state index contributed by atoms with van der Waals surface area (Å²) in [6, 6.07) is 4.66. The van der Waals surface area contributed by atoms with Crippen molar-refractivity contribution in [3.63, 3.8) is 0 Å². The van der Waals surface area contributed by atoms with Crippen LogP contribution in [-0.4, -0.2) is 16.8 Å². The summed E-state index contributed by atoms with van der Waals surface area (Å²) in [6.07, 6.45) is 6.73. The van der Waals surface area contributed by atoms with Gasteiger partial charge in [0, 0.05) is 16.1 Å². The Morgan fingerprint density at radius 3 is 2.68 bits per heavy atom. The minimum atomic E-state index is -0.294. The van der Waals surface area contributed by atoms with E-state index in [9.17, 15) is 9.18 Å². The first-order chi connectivity index (χ1) is 9.13. The standard InChI is InChI=1S/C15H18BrFOS/c16-12-6-11(7-13(17)9-12)8-14(18)10-19-15-4-2-1-3-5-15/h6-7,9,15H,1-5,8,10H2. The van der Waals surface area contributed by atoms with Gasteiger partial charge in [0.15, 0.2) is 0 Å². The molecule has 0 atom stereocenters. The largest absolute Gasteiger partial charge is 0.298 e. The molecule has 1 aliphatic rings. The van der Waals surface area contributed by atoms with Crippen molar-refractivity contribution >= 4 is 33.5 Å². The normalized spacial score (nSPS) is 16.5. The molecule has 19 heavy (non-hydrogen) atoms. The Morgan fingerprint density at radius 2 is 2.00 bits per heavy atom. The number of halogens is 2. The highest BCUT2D eigenvalue weighted by molar-refractivity contribution is 9.10. The molecule has 1 saturated carbocycles. The van der Waals surface area contributed by atoms with Crippen LogP contribution in [0.4, 0.5) is 4.39 Å². The monoisotopic (exact) mass is 344 g/mol. The van der Waals surface area contributed by atoms with Crippen LogP contribution in [0.15, 0.2) is 22.7 Å². The Labute approximate surface area is 126 Å². The minimum absolute atomic E-state index is 0.188. The fourth-order valence-electron chi connectivity index (χ4n) is 2.43. The topological polar surface area (TPSA) is 17.1 Å². The van der Waals surface area contributed by atoms with Crippen LogP contribution in [0.5, 0.6) is 0 Å². The van der Waals surface area contributed by atoms with Gasteiger partial charge in [0.25, 0.3) is 0 Å². The maximum atomic E-state index is 13.2. The molecule has 1 aromatic rings. The van der Waals surface area contributed by atoms with Crippen molar-refractivity contribution in [1.82, 2.24) is 0 Å². The molecular weight excluding hydrogens is 327 g/mol. The van der Waals surface area contributed by atoms with Crippen molar-refractivity contribution in [1.29, 1.82) is 0 Å². The molecule has 1 nitrogen and oxygen atoms in total. The molecule has 0 unspecified atom stereocenters. The molecule has 1 aliphatic carbocycles. The molecule has 1 aromatic carbocycles. The first-order valence-electron chi connectivity index (χ1n) is 6.72. The summed E-state index contributed by atoms with van der Waals surface area (Å²) in [5.41, 5.74) is 0.751. The van der Waals surface area contributed by atoms with Gasteiger partial charge in [-0.25, -0.2) is 4.39 Å². The van der Waals surface area contributed by atoms with E-state index in [1.807, 2.05) is 6.07 Å². The molecule has 0 saturated heterocycles. The SMILES string of the molecule is O=C(CSC1CCCCC1)Cc1cc(F)cc(Br)c1. The second-order valence-corrected chi connectivity index (χ2v) is 7.27. The van der Waals surface area contributed by atoms with E-state index >= 15 is 0 Å². The summed E-state index contributed by atoms with van der Waals surface area (Å²) in [5, 5.41) is 0.650. The molecule has 104 valence electrons. The number of carbonyl (C=O) groups excluding carboxylic acids is 1. The molecular formula is C15H18BrFOS. The number of benzene rings is 1. The Morgan fingerprint density at radius 1 is 1.26 bits per heavy atom. The molecule has 4 heteroatoms. The Bertz CT molecular complexity index is 424. The second-order valence-electron chi connectivity index (χ2n) is 5.06. The predicted octanol–water partition coefficient (Wildman–Crippen LogP) is 4.77. The third-order valence-corrected chi connectivity index (χ3v) is 5.25. The van der Waals surface area contributed by atoms with E-state index in [1.165, 1.54) is 44.2 Å². The van der Waals surface area contributed by atoms with E-state index in [1.54, 1.807) is 11.8 Å². The molecule has 0 aromatic heterocycles. The maximum Gasteiger partial charge on any atom is 0.147 e. The van der Waals surface area contributed by atoms with Gasteiger partial charge in [0.05, 0.1) is 5.75 Å². The van der Waals surface area contributed by atoms with Crippen molar-refractivity contribution in [2.45, 2.75) is 43.8 Å². The van der Waals surface area contributed by atoms with Crippen molar-refractivity contribution in [2.24, 2.45) is 0 Å². The van der Waals surface area contributed by atoms with Crippen molar-refractivity contribution in [3.05, 3.63) is 34.1 Å². The highest BCUT2D eigenvalue weighted by Crippen LogP contribution is 2.28. The lowest BCUT2D eigenvalue weighted by molar-refractivity contribution is -0.116. The van der Waals surface area contributed by atoms with E-state index in [2.05, 4.69) is 15.9 Å². The molecule has 0 aliphatic heterocycles. The van der Waals surface area contributed by atoms with Gasteiger partial charge < -0.3 is 0 Å². The molecule has 0 amide bonds. The maximum absolute atomic E-state index is 13.2. The van der Waals surface area contributed by atoms with Gasteiger partial charge in [-0.15, -0.1) is 0 Å². The van der Waals surface area contributed by atoms with Crippen LogP contribution in [0.25, 0.3) is 0 Å². The fraction of sp³-hybridized carbons (Fsp3) is 0.533. The van der Waals surface area contributed by atoms with Gasteiger partial charge in [-0.1, -0.05) is 35.2 Å². The molecule has 1 fully saturated rings. The van der Waals surface area contributed by atoms with Crippen molar-refractivity contribution in [2.75, 3.05) is 5.75 Å². The third kappa shape index (κ3) is 5.27. The average Bonchev–Trinajstić information content (AvgIpc) is 2.36. The number of rotatable bonds is 5. The van der Waals surface area contributed by atoms with Gasteiger partial charge >= 0.3 is 0 Å². The van der Waals surface area contributed by atoms with Crippen LogP contribution in [0, 0.1) is 5.82 Å². The lowest BCUT2D eigenvalue weighted by Crippen LogP contribution is -2.13. The summed E-state index contributed by atoms with van der Waals surface area (Å²) in [4.78, 5) is 11.9. The molecule has 0 bridgehead atoms. The molecule has 0 spiro atoms. The van der Waals surface area contributed by atoms with E-state index in [-0.39, 0.29) is 11.6 Å². The number of thioether (sulfide) groups is 1. The number of ketones is 1. The van der Waals surface area contributed by atoms with E-state index < -0.39 is 0 Å². The highest BCUT2D eigenvalue weighted by Gasteiger charge is 2.15. The average molecular weight is 345 g/mol. The summed E-state index contributed by atoms with van der Waals surface area (Å²) in [6.45, 7) is 0. The van der Waals surface area contributed by atoms with Gasteiger partial charge in [0.2, 0.25) is 0 Å². The first-order valence-corrected chi connectivity index (χ1v) is 8.56. The van der Waals surface area contributed by atoms with Crippen LogP contribution in [-0.2, 0) is 11.2 Å². The summed E-state index contributed by atoms with van der Waals surface area (Å²) in [7, 11) is 0. The summed E-state index contributed by atoms with van der Waals surface area (Å²) >= 11 is 5.03. The molecule has 0 N–H and O–H groups in total. The number of hydrogen-bond donors (Lipinski definition) is 0. The minimum Gasteiger partial charge on any atom is -0.298 e. The van der Waals surface area contributed by atoms with Gasteiger partial charge in [-0.05, 0) is 36.6 Å². The van der Waals surface area contributed by atoms with Crippen LogP contribution >= 0.6 is 27.7 Å². The van der Waals surface area contributed by atoms with Crippen molar-refractivity contribution in [3.8, 4) is 0 Å². The zero-order valence-corrected chi connectivity index (χ0v) is 13.2. The molecule has 0 heterocycles. The van der Waals surface area contributed by atoms with Crippen LogP contribution in [0.2, 0.25) is 0 Å². The fourth-order valence-corrected chi connectivity index (χ4v) is 4.14. The highest BCUT2D eigenvalue weighted by atomic mass is 79.9. The number of Topliss-reactive ketones (excluding diaryl/α,β-unsaturated/α-hetero) is 1. The smallest absolute Gasteiger partial charge is 0.147 e. The Balaban J connectivity index is 1.80. The predicted molar refractivity (Wildman–Crippen MR) is 82.1 cm³/mol. The molecule has 0 radical (unpaired) electrons. The van der Waals surface area contributed by atoms with Gasteiger partial charge in [-0.2, -0.15) is 11.8 Å². The van der Waals surface area contributed by atoms with Crippen LogP contribution in [0.3, 0.4) is 0 Å². The number of carbonyl (C=O) groups is 1. The summed E-state index contributed by atoms with van der Waals surface area (Å²) < 4.78 is 13.9. The van der Waals surface area contributed by atoms with E-state index in [4.69, 9.17) is 0 Å². The second kappa shape index (κ2) is 7.44. The summed E-state index contributed by atoms with van der Waals surface area (Å²) in [5.74, 6) is 0.448. The van der Waals surface area contributed by atoms with E-state index in [0.717, 1.165) is 5.56 Å². The van der Waals surface area contributed by atoms with Gasteiger partial charge in [0.1, 0.15) is 11.6 Å². The van der Waals surface area contributed by atoms with E-state index in [0.29, 0.717) is 21.9 Å². The Hall–Kier alpha value is -0.350. The lowest BCUT2D eigenvalue weighted by atomic mass is 10.0. The Kier molecular flexibility index (Phi) is 5.89. The zero-order chi connectivity index (χ0) is 13.7. The van der Waals surface area contributed by atoms with Crippen LogP contribution < -0.4 is 0 Å². The van der Waals surface area contributed by atoms with Gasteiger partial charge in [-0.3, -0.25) is 4.79 Å². The van der Waals surface area contributed by atoms with Crippen molar-refractivity contribution < 1.29 is 9.18 Å². The zero-order valence-electron chi connectivity index (χ0n) is 10.8. The third-order valence-electron chi connectivity index (χ3n) is 3.36. The lowest BCUT2D eigenvalue weighted by Gasteiger charge is -2.20.